The average molecular weight is 210 g/mol. The quantitative estimate of drug-likeness (QED) is 0.678. The highest BCUT2D eigenvalue weighted by Gasteiger charge is 2.15. The molecule has 1 rings (SSSR count). The molecule has 0 radical (unpaired) electrons. The van der Waals surface area contributed by atoms with Crippen LogP contribution in [-0.2, 0) is 11.2 Å². The van der Waals surface area contributed by atoms with Gasteiger partial charge in [0.05, 0.1) is 0 Å². The Kier molecular flexibility index (Phi) is 3.57. The second kappa shape index (κ2) is 5.36. The van der Waals surface area contributed by atoms with Crippen LogP contribution in [0.4, 0.5) is 0 Å². The molecular weight excluding hydrogens is 194 g/mol. The van der Waals surface area contributed by atoms with Crippen LogP contribution in [0.25, 0.3) is 0 Å². The number of hydrogen-bond donors (Lipinski definition) is 3. The number of aromatic hydroxyl groups is 1. The first-order valence-corrected chi connectivity index (χ1v) is 4.67. The van der Waals surface area contributed by atoms with Crippen molar-refractivity contribution in [1.29, 1.82) is 0 Å². The van der Waals surface area contributed by atoms with Gasteiger partial charge in [0.15, 0.2) is 0 Å². The van der Waals surface area contributed by atoms with Crippen LogP contribution in [-0.4, -0.2) is 28.8 Å². The Morgan fingerprint density at radius 2 is 2.20 bits per heavy atom. The van der Waals surface area contributed by atoms with Crippen molar-refractivity contribution in [2.24, 2.45) is 0 Å². The number of carbonyl (C=O) groups is 1. The minimum Gasteiger partial charge on any atom is -0.508 e. The predicted molar refractivity (Wildman–Crippen MR) is 56.9 cm³/mol. The SMILES string of the molecule is [2H]CCN[C@@H](Cc1ccc(O)cc1)C(=O)O. The smallest absolute Gasteiger partial charge is 0.321 e. The molecule has 0 amide bonds. The van der Waals surface area contributed by atoms with Gasteiger partial charge in [-0.25, -0.2) is 0 Å². The van der Waals surface area contributed by atoms with Crippen LogP contribution in [0.3, 0.4) is 0 Å². The summed E-state index contributed by atoms with van der Waals surface area (Å²) in [5, 5.41) is 20.8. The first kappa shape index (κ1) is 9.98. The molecule has 0 saturated carbocycles. The average Bonchev–Trinajstić information content (AvgIpc) is 2.26. The van der Waals surface area contributed by atoms with E-state index in [1.165, 1.54) is 12.1 Å². The van der Waals surface area contributed by atoms with E-state index < -0.39 is 12.0 Å². The molecule has 0 aliphatic rings. The molecule has 0 saturated heterocycles. The number of likely N-dealkylation sites (N-methyl/N-ethyl adjacent to an activating group) is 1. The van der Waals surface area contributed by atoms with E-state index in [-0.39, 0.29) is 12.6 Å². The van der Waals surface area contributed by atoms with Crippen LogP contribution in [0.2, 0.25) is 0 Å². The summed E-state index contributed by atoms with van der Waals surface area (Å²) in [6.07, 6.45) is 0.343. The first-order chi connectivity index (χ1) is 7.63. The lowest BCUT2D eigenvalue weighted by atomic mass is 10.1. The van der Waals surface area contributed by atoms with Gasteiger partial charge in [-0.1, -0.05) is 19.0 Å². The number of aliphatic carboxylic acids is 1. The van der Waals surface area contributed by atoms with Gasteiger partial charge in [0.1, 0.15) is 11.8 Å². The summed E-state index contributed by atoms with van der Waals surface area (Å²) in [5.41, 5.74) is 0.836. The molecule has 1 aromatic carbocycles. The third kappa shape index (κ3) is 3.59. The zero-order valence-corrected chi connectivity index (χ0v) is 8.31. The number of hydrogen-bond acceptors (Lipinski definition) is 3. The van der Waals surface area contributed by atoms with Crippen LogP contribution in [0.1, 0.15) is 13.8 Å². The Bertz CT molecular complexity index is 340. The first-order valence-electron chi connectivity index (χ1n) is 5.37. The second-order valence-corrected chi connectivity index (χ2v) is 3.22. The summed E-state index contributed by atoms with van der Waals surface area (Å²) in [4.78, 5) is 10.9. The second-order valence-electron chi connectivity index (χ2n) is 3.22. The Balaban J connectivity index is 2.60. The van der Waals surface area contributed by atoms with Gasteiger partial charge in [0.2, 0.25) is 0 Å². The van der Waals surface area contributed by atoms with E-state index in [0.717, 1.165) is 5.56 Å². The van der Waals surface area contributed by atoms with Gasteiger partial charge in [-0.05, 0) is 30.7 Å². The number of benzene rings is 1. The van der Waals surface area contributed by atoms with E-state index in [9.17, 15) is 4.79 Å². The van der Waals surface area contributed by atoms with Gasteiger partial charge in [-0.2, -0.15) is 0 Å². The van der Waals surface area contributed by atoms with Gasteiger partial charge in [-0.3, -0.25) is 4.79 Å². The van der Waals surface area contributed by atoms with Crippen molar-refractivity contribution in [3.63, 3.8) is 0 Å². The molecule has 4 nitrogen and oxygen atoms in total. The molecule has 0 aromatic heterocycles. The van der Waals surface area contributed by atoms with E-state index in [2.05, 4.69) is 5.32 Å². The summed E-state index contributed by atoms with van der Waals surface area (Å²) in [6, 6.07) is 5.74. The molecule has 82 valence electrons. The highest BCUT2D eigenvalue weighted by molar-refractivity contribution is 5.73. The normalized spacial score (nSPS) is 13.2. The maximum absolute atomic E-state index is 10.9. The maximum atomic E-state index is 10.9. The minimum atomic E-state index is -0.929. The van der Waals surface area contributed by atoms with E-state index in [0.29, 0.717) is 13.0 Å². The van der Waals surface area contributed by atoms with Crippen LogP contribution in [0, 0.1) is 0 Å². The Morgan fingerprint density at radius 1 is 1.53 bits per heavy atom. The molecule has 15 heavy (non-hydrogen) atoms. The monoisotopic (exact) mass is 210 g/mol. The van der Waals surface area contributed by atoms with Crippen molar-refractivity contribution < 1.29 is 16.4 Å². The predicted octanol–water partition coefficient (Wildman–Crippen LogP) is 0.997. The van der Waals surface area contributed by atoms with E-state index in [1.54, 1.807) is 12.1 Å². The largest absolute Gasteiger partial charge is 0.508 e. The van der Waals surface area contributed by atoms with Crippen molar-refractivity contribution in [3.05, 3.63) is 29.8 Å². The third-order valence-corrected chi connectivity index (χ3v) is 2.06. The van der Waals surface area contributed by atoms with E-state index in [4.69, 9.17) is 11.6 Å². The summed E-state index contributed by atoms with van der Waals surface area (Å²) < 4.78 is 6.96. The Labute approximate surface area is 90.0 Å². The van der Waals surface area contributed by atoms with Crippen LogP contribution >= 0.6 is 0 Å². The van der Waals surface area contributed by atoms with Gasteiger partial charge >= 0.3 is 5.97 Å². The third-order valence-electron chi connectivity index (χ3n) is 2.06. The standard InChI is InChI=1S/C11H15NO3/c1-2-12-10(11(14)15)7-8-3-5-9(13)6-4-8/h3-6,10,12-13H,2,7H2,1H3,(H,14,15)/t10-/m0/s1/i1D. The van der Waals surface area contributed by atoms with Crippen LogP contribution in [0.5, 0.6) is 5.75 Å². The maximum Gasteiger partial charge on any atom is 0.321 e. The Hall–Kier alpha value is -1.55. The highest BCUT2D eigenvalue weighted by atomic mass is 16.4. The minimum absolute atomic E-state index is 0.152. The lowest BCUT2D eigenvalue weighted by Crippen LogP contribution is -2.38. The van der Waals surface area contributed by atoms with Crippen molar-refractivity contribution in [2.75, 3.05) is 6.54 Å². The molecule has 4 heteroatoms. The summed E-state index contributed by atoms with van der Waals surface area (Å²) >= 11 is 0. The highest BCUT2D eigenvalue weighted by Crippen LogP contribution is 2.11. The lowest BCUT2D eigenvalue weighted by molar-refractivity contribution is -0.139. The van der Waals surface area contributed by atoms with E-state index in [1.807, 2.05) is 0 Å². The molecule has 0 spiro atoms. The van der Waals surface area contributed by atoms with Crippen LogP contribution in [0.15, 0.2) is 24.3 Å². The summed E-state index contributed by atoms with van der Waals surface area (Å²) in [5.74, 6) is -0.767. The molecule has 0 unspecified atom stereocenters. The molecule has 1 atom stereocenters. The van der Waals surface area contributed by atoms with Crippen molar-refractivity contribution in [1.82, 2.24) is 5.32 Å². The van der Waals surface area contributed by atoms with Gasteiger partial charge in [0.25, 0.3) is 0 Å². The number of phenolic OH excluding ortho intramolecular Hbond substituents is 1. The Morgan fingerprint density at radius 3 is 2.73 bits per heavy atom. The van der Waals surface area contributed by atoms with Gasteiger partial charge in [0, 0.05) is 1.37 Å². The number of carboxylic acid groups (broad SMARTS) is 1. The number of nitrogens with one attached hydrogen (secondary N) is 1. The molecular formula is C11H15NO3. The molecule has 0 fully saturated rings. The van der Waals surface area contributed by atoms with Crippen molar-refractivity contribution in [3.8, 4) is 5.75 Å². The van der Waals surface area contributed by atoms with Gasteiger partial charge < -0.3 is 15.5 Å². The molecule has 0 bridgehead atoms. The van der Waals surface area contributed by atoms with Gasteiger partial charge in [-0.15, -0.1) is 0 Å². The molecule has 3 N–H and O–H groups in total. The topological polar surface area (TPSA) is 69.6 Å². The zero-order chi connectivity index (χ0) is 12.0. The van der Waals surface area contributed by atoms with Crippen molar-refractivity contribution >= 4 is 5.97 Å². The fourth-order valence-electron chi connectivity index (χ4n) is 1.29. The van der Waals surface area contributed by atoms with Crippen molar-refractivity contribution in [2.45, 2.75) is 19.4 Å². The molecule has 1 aromatic rings. The zero-order valence-electron chi connectivity index (χ0n) is 9.31. The number of phenols is 1. The summed E-state index contributed by atoms with van der Waals surface area (Å²) in [7, 11) is 0. The summed E-state index contributed by atoms with van der Waals surface area (Å²) in [6.45, 7) is 0.508. The molecule has 0 aliphatic heterocycles. The van der Waals surface area contributed by atoms with Crippen LogP contribution < -0.4 is 5.32 Å². The lowest BCUT2D eigenvalue weighted by Gasteiger charge is -2.12. The number of carboxylic acids is 1. The fraction of sp³-hybridized carbons (Fsp3) is 0.364. The fourth-order valence-corrected chi connectivity index (χ4v) is 1.29. The number of rotatable bonds is 5. The molecule has 0 heterocycles. The van der Waals surface area contributed by atoms with E-state index >= 15 is 0 Å². The molecule has 0 aliphatic carbocycles.